The van der Waals surface area contributed by atoms with E-state index in [0.717, 1.165) is 11.3 Å². The van der Waals surface area contributed by atoms with E-state index in [4.69, 9.17) is 10.8 Å². The summed E-state index contributed by atoms with van der Waals surface area (Å²) in [6.07, 6.45) is 0. The number of nitrogens with zero attached hydrogens (tertiary/aromatic N) is 1. The van der Waals surface area contributed by atoms with Crippen molar-refractivity contribution >= 4 is 17.6 Å². The molecule has 0 aliphatic carbocycles. The van der Waals surface area contributed by atoms with E-state index < -0.39 is 11.9 Å². The van der Waals surface area contributed by atoms with E-state index in [2.05, 4.69) is 13.8 Å². The molecule has 0 saturated carbocycles. The summed E-state index contributed by atoms with van der Waals surface area (Å²) in [7, 11) is 0. The van der Waals surface area contributed by atoms with E-state index in [1.165, 1.54) is 0 Å². The second kappa shape index (κ2) is 6.22. The van der Waals surface area contributed by atoms with Gasteiger partial charge in [-0.05, 0) is 36.6 Å². The highest BCUT2D eigenvalue weighted by Crippen LogP contribution is 2.22. The number of primary amides is 1. The van der Waals surface area contributed by atoms with Crippen LogP contribution in [0.15, 0.2) is 18.2 Å². The average Bonchev–Trinajstić information content (AvgIpc) is 2.26. The quantitative estimate of drug-likeness (QED) is 0.818. The van der Waals surface area contributed by atoms with Crippen molar-refractivity contribution in [2.24, 2.45) is 11.7 Å². The number of aromatic carboxylic acids is 1. The lowest BCUT2D eigenvalue weighted by molar-refractivity contribution is -0.116. The molecule has 1 amide bonds. The summed E-state index contributed by atoms with van der Waals surface area (Å²) in [6, 6.07) is 4.87. The van der Waals surface area contributed by atoms with Crippen molar-refractivity contribution in [3.63, 3.8) is 0 Å². The third-order valence-electron chi connectivity index (χ3n) is 2.72. The molecule has 1 aromatic rings. The van der Waals surface area contributed by atoms with Gasteiger partial charge in [0.15, 0.2) is 0 Å². The third-order valence-corrected chi connectivity index (χ3v) is 2.72. The molecule has 0 saturated heterocycles. The number of anilines is 1. The first-order valence-electron chi connectivity index (χ1n) is 6.18. The van der Waals surface area contributed by atoms with Crippen LogP contribution in [0.4, 0.5) is 5.69 Å². The summed E-state index contributed by atoms with van der Waals surface area (Å²) < 4.78 is 0. The van der Waals surface area contributed by atoms with Gasteiger partial charge in [-0.25, -0.2) is 4.79 Å². The van der Waals surface area contributed by atoms with Crippen molar-refractivity contribution in [1.82, 2.24) is 0 Å². The minimum atomic E-state index is -0.958. The molecule has 0 fully saturated rings. The predicted octanol–water partition coefficient (Wildman–Crippen LogP) is 1.64. The zero-order valence-electron chi connectivity index (χ0n) is 11.5. The van der Waals surface area contributed by atoms with Gasteiger partial charge in [-0.2, -0.15) is 0 Å². The molecule has 0 aliphatic heterocycles. The van der Waals surface area contributed by atoms with Crippen molar-refractivity contribution in [1.29, 1.82) is 0 Å². The molecule has 104 valence electrons. The van der Waals surface area contributed by atoms with Crippen LogP contribution >= 0.6 is 0 Å². The fraction of sp³-hybridized carbons (Fsp3) is 0.429. The van der Waals surface area contributed by atoms with Gasteiger partial charge in [-0.15, -0.1) is 0 Å². The van der Waals surface area contributed by atoms with Gasteiger partial charge >= 0.3 is 5.97 Å². The summed E-state index contributed by atoms with van der Waals surface area (Å²) in [4.78, 5) is 23.9. The Hall–Kier alpha value is -2.04. The van der Waals surface area contributed by atoms with Crippen molar-refractivity contribution in [2.75, 3.05) is 18.0 Å². The van der Waals surface area contributed by atoms with Gasteiger partial charge in [-0.1, -0.05) is 13.8 Å². The molecule has 0 bridgehead atoms. The standard InChI is InChI=1S/C14H20N2O3/c1-9(2)7-16(8-13(15)17)12-5-4-11(14(18)19)6-10(12)3/h4-6,9H,7-8H2,1-3H3,(H2,15,17)(H,18,19). The Morgan fingerprint density at radius 1 is 1.37 bits per heavy atom. The van der Waals surface area contributed by atoms with Crippen LogP contribution in [0, 0.1) is 12.8 Å². The Morgan fingerprint density at radius 2 is 2.00 bits per heavy atom. The van der Waals surface area contributed by atoms with Crippen LogP contribution in [0.5, 0.6) is 0 Å². The molecule has 1 aromatic carbocycles. The summed E-state index contributed by atoms with van der Waals surface area (Å²) in [5.41, 5.74) is 7.17. The van der Waals surface area contributed by atoms with Crippen molar-refractivity contribution in [2.45, 2.75) is 20.8 Å². The van der Waals surface area contributed by atoms with Crippen LogP contribution < -0.4 is 10.6 Å². The van der Waals surface area contributed by atoms with E-state index in [9.17, 15) is 9.59 Å². The number of hydrogen-bond donors (Lipinski definition) is 2. The molecular formula is C14H20N2O3. The van der Waals surface area contributed by atoms with Gasteiger partial charge in [0.05, 0.1) is 12.1 Å². The molecule has 0 atom stereocenters. The maximum atomic E-state index is 11.1. The summed E-state index contributed by atoms with van der Waals surface area (Å²) in [5.74, 6) is -0.986. The number of hydrogen-bond acceptors (Lipinski definition) is 3. The van der Waals surface area contributed by atoms with Crippen molar-refractivity contribution in [3.05, 3.63) is 29.3 Å². The molecule has 0 unspecified atom stereocenters. The number of carbonyl (C=O) groups is 2. The zero-order chi connectivity index (χ0) is 14.6. The summed E-state index contributed by atoms with van der Waals surface area (Å²) in [5, 5.41) is 8.94. The fourth-order valence-electron chi connectivity index (χ4n) is 2.02. The lowest BCUT2D eigenvalue weighted by Gasteiger charge is -2.27. The number of carboxylic acid groups (broad SMARTS) is 1. The normalized spacial score (nSPS) is 10.5. The number of carboxylic acids is 1. The van der Waals surface area contributed by atoms with Gasteiger partial charge in [-0.3, -0.25) is 4.79 Å². The second-order valence-corrected chi connectivity index (χ2v) is 5.05. The predicted molar refractivity (Wildman–Crippen MR) is 74.4 cm³/mol. The largest absolute Gasteiger partial charge is 0.478 e. The molecule has 0 radical (unpaired) electrons. The lowest BCUT2D eigenvalue weighted by Crippen LogP contribution is -2.36. The second-order valence-electron chi connectivity index (χ2n) is 5.05. The van der Waals surface area contributed by atoms with Gasteiger partial charge < -0.3 is 15.7 Å². The first kappa shape index (κ1) is 15.0. The maximum Gasteiger partial charge on any atom is 0.335 e. The fourth-order valence-corrected chi connectivity index (χ4v) is 2.02. The third kappa shape index (κ3) is 4.28. The van der Waals surface area contributed by atoms with Crippen molar-refractivity contribution < 1.29 is 14.7 Å². The molecule has 1 rings (SSSR count). The lowest BCUT2D eigenvalue weighted by atomic mass is 10.1. The van der Waals surface area contributed by atoms with Crippen LogP contribution in [0.25, 0.3) is 0 Å². The molecule has 0 spiro atoms. The van der Waals surface area contributed by atoms with Crippen LogP contribution in [-0.2, 0) is 4.79 Å². The minimum absolute atomic E-state index is 0.130. The highest BCUT2D eigenvalue weighted by Gasteiger charge is 2.14. The smallest absolute Gasteiger partial charge is 0.335 e. The van der Waals surface area contributed by atoms with E-state index in [0.29, 0.717) is 12.5 Å². The van der Waals surface area contributed by atoms with Gasteiger partial charge in [0, 0.05) is 12.2 Å². The number of nitrogens with two attached hydrogens (primary N) is 1. The number of benzene rings is 1. The first-order valence-corrected chi connectivity index (χ1v) is 6.18. The molecule has 5 nitrogen and oxygen atoms in total. The summed E-state index contributed by atoms with van der Waals surface area (Å²) in [6.45, 7) is 6.75. The number of amides is 1. The minimum Gasteiger partial charge on any atom is -0.478 e. The van der Waals surface area contributed by atoms with E-state index in [1.54, 1.807) is 18.2 Å². The first-order chi connectivity index (χ1) is 8.81. The Bertz CT molecular complexity index is 484. The maximum absolute atomic E-state index is 11.1. The molecule has 0 aromatic heterocycles. The van der Waals surface area contributed by atoms with Gasteiger partial charge in [0.2, 0.25) is 5.91 Å². The molecule has 3 N–H and O–H groups in total. The molecule has 19 heavy (non-hydrogen) atoms. The van der Waals surface area contributed by atoms with E-state index in [-0.39, 0.29) is 12.1 Å². The average molecular weight is 264 g/mol. The molecule has 0 heterocycles. The Labute approximate surface area is 113 Å². The van der Waals surface area contributed by atoms with Gasteiger partial charge in [0.25, 0.3) is 0 Å². The summed E-state index contributed by atoms with van der Waals surface area (Å²) >= 11 is 0. The topological polar surface area (TPSA) is 83.6 Å². The van der Waals surface area contributed by atoms with E-state index >= 15 is 0 Å². The Kier molecular flexibility index (Phi) is 4.92. The van der Waals surface area contributed by atoms with Crippen molar-refractivity contribution in [3.8, 4) is 0 Å². The van der Waals surface area contributed by atoms with Crippen LogP contribution in [0.2, 0.25) is 0 Å². The SMILES string of the molecule is Cc1cc(C(=O)O)ccc1N(CC(N)=O)CC(C)C. The number of aryl methyl sites for hydroxylation is 1. The van der Waals surface area contributed by atoms with E-state index in [1.807, 2.05) is 11.8 Å². The van der Waals surface area contributed by atoms with Crippen LogP contribution in [0.3, 0.4) is 0 Å². The highest BCUT2D eigenvalue weighted by atomic mass is 16.4. The molecular weight excluding hydrogens is 244 g/mol. The number of rotatable bonds is 6. The Morgan fingerprint density at radius 3 is 2.42 bits per heavy atom. The van der Waals surface area contributed by atoms with Gasteiger partial charge in [0.1, 0.15) is 0 Å². The molecule has 0 aliphatic rings. The Balaban J connectivity index is 3.07. The monoisotopic (exact) mass is 264 g/mol. The highest BCUT2D eigenvalue weighted by molar-refractivity contribution is 5.89. The van der Waals surface area contributed by atoms with Crippen LogP contribution in [0.1, 0.15) is 29.8 Å². The number of carbonyl (C=O) groups excluding carboxylic acids is 1. The zero-order valence-corrected chi connectivity index (χ0v) is 11.5. The van der Waals surface area contributed by atoms with Crippen LogP contribution in [-0.4, -0.2) is 30.1 Å². The molecule has 5 heteroatoms.